The molecular weight excluding hydrogens is 376 g/mol. The molecule has 0 aliphatic heterocycles. The smallest absolute Gasteiger partial charge is 0.327 e. The Morgan fingerprint density at radius 3 is 1.79 bits per heavy atom. The molecule has 0 aromatic carbocycles. The van der Waals surface area contributed by atoms with E-state index in [4.69, 9.17) is 10.8 Å². The molecule has 0 spiro atoms. The van der Waals surface area contributed by atoms with Gasteiger partial charge < -0.3 is 26.8 Å². The van der Waals surface area contributed by atoms with Gasteiger partial charge in [0, 0.05) is 17.3 Å². The Labute approximate surface area is 156 Å². The van der Waals surface area contributed by atoms with Crippen molar-refractivity contribution in [3.05, 3.63) is 0 Å². The third-order valence-corrected chi connectivity index (χ3v) is 4.02. The van der Waals surface area contributed by atoms with E-state index in [0.717, 1.165) is 0 Å². The third kappa shape index (κ3) is 7.64. The van der Waals surface area contributed by atoms with E-state index in [2.05, 4.69) is 53.8 Å². The summed E-state index contributed by atoms with van der Waals surface area (Å²) < 4.78 is 0. The van der Waals surface area contributed by atoms with Crippen molar-refractivity contribution in [2.24, 2.45) is 5.73 Å². The molecule has 0 fully saturated rings. The number of carboxylic acid groups (broad SMARTS) is 1. The Bertz CT molecular complexity index is 480. The Hall–Kier alpha value is -1.11. The number of amides is 3. The molecule has 24 heavy (non-hydrogen) atoms. The monoisotopic (exact) mass is 398 g/mol. The highest BCUT2D eigenvalue weighted by atomic mass is 32.1. The molecule has 0 aromatic heterocycles. The summed E-state index contributed by atoms with van der Waals surface area (Å²) in [5.74, 6) is -3.21. The average Bonchev–Trinajstić information content (AvgIpc) is 2.55. The number of carbonyl (C=O) groups excluding carboxylic acids is 3. The summed E-state index contributed by atoms with van der Waals surface area (Å²) in [6.07, 6.45) is 0. The van der Waals surface area contributed by atoms with Crippen molar-refractivity contribution in [2.45, 2.75) is 31.1 Å². The van der Waals surface area contributed by atoms with E-state index in [9.17, 15) is 19.2 Å². The molecule has 12 heteroatoms. The highest BCUT2D eigenvalue weighted by molar-refractivity contribution is 7.80. The van der Waals surface area contributed by atoms with Crippen LogP contribution in [-0.4, -0.2) is 70.2 Å². The van der Waals surface area contributed by atoms with Crippen molar-refractivity contribution in [2.75, 3.05) is 17.3 Å². The second kappa shape index (κ2) is 11.4. The second-order valence-corrected chi connectivity index (χ2v) is 5.94. The zero-order valence-corrected chi connectivity index (χ0v) is 15.6. The Balaban J connectivity index is 4.69. The maximum absolute atomic E-state index is 12.0. The number of hydrogen-bond acceptors (Lipinski definition) is 8. The van der Waals surface area contributed by atoms with Crippen LogP contribution in [0.1, 0.15) is 6.92 Å². The van der Waals surface area contributed by atoms with E-state index >= 15 is 0 Å². The quantitative estimate of drug-likeness (QED) is 0.193. The van der Waals surface area contributed by atoms with Gasteiger partial charge >= 0.3 is 5.97 Å². The molecule has 0 rings (SSSR count). The van der Waals surface area contributed by atoms with Gasteiger partial charge in [-0.05, 0) is 6.92 Å². The van der Waals surface area contributed by atoms with Crippen LogP contribution >= 0.6 is 37.9 Å². The van der Waals surface area contributed by atoms with Crippen LogP contribution < -0.4 is 21.7 Å². The Morgan fingerprint density at radius 1 is 0.875 bits per heavy atom. The minimum atomic E-state index is -1.25. The van der Waals surface area contributed by atoms with Gasteiger partial charge in [-0.25, -0.2) is 4.79 Å². The van der Waals surface area contributed by atoms with E-state index < -0.39 is 47.9 Å². The van der Waals surface area contributed by atoms with Gasteiger partial charge in [-0.1, -0.05) is 0 Å². The lowest BCUT2D eigenvalue weighted by Crippen LogP contribution is -2.57. The first kappa shape index (κ1) is 22.9. The molecule has 3 amide bonds. The fraction of sp³-hybridized carbons (Fsp3) is 0.667. The van der Waals surface area contributed by atoms with Gasteiger partial charge in [-0.2, -0.15) is 37.9 Å². The molecule has 0 saturated carbocycles. The number of carboxylic acids is 1. The van der Waals surface area contributed by atoms with Crippen molar-refractivity contribution in [1.82, 2.24) is 16.0 Å². The first-order chi connectivity index (χ1) is 11.2. The van der Waals surface area contributed by atoms with Crippen LogP contribution in [0, 0.1) is 0 Å². The molecule has 0 radical (unpaired) electrons. The van der Waals surface area contributed by atoms with Crippen molar-refractivity contribution >= 4 is 61.6 Å². The number of nitrogens with one attached hydrogen (secondary N) is 3. The van der Waals surface area contributed by atoms with Crippen LogP contribution in [0.3, 0.4) is 0 Å². The average molecular weight is 399 g/mol. The Kier molecular flexibility index (Phi) is 10.9. The molecule has 9 nitrogen and oxygen atoms in total. The molecule has 0 saturated heterocycles. The number of rotatable bonds is 10. The van der Waals surface area contributed by atoms with E-state index in [0.29, 0.717) is 0 Å². The van der Waals surface area contributed by atoms with Gasteiger partial charge in [0.15, 0.2) is 0 Å². The summed E-state index contributed by atoms with van der Waals surface area (Å²) in [5.41, 5.74) is 5.48. The lowest BCUT2D eigenvalue weighted by atomic mass is 10.2. The maximum atomic E-state index is 12.0. The van der Waals surface area contributed by atoms with Crippen molar-refractivity contribution in [3.63, 3.8) is 0 Å². The zero-order valence-electron chi connectivity index (χ0n) is 12.9. The molecule has 138 valence electrons. The van der Waals surface area contributed by atoms with Crippen LogP contribution in [0.4, 0.5) is 0 Å². The molecule has 6 N–H and O–H groups in total. The normalized spacial score (nSPS) is 15.5. The zero-order chi connectivity index (χ0) is 18.9. The van der Waals surface area contributed by atoms with Gasteiger partial charge in [0.25, 0.3) is 0 Å². The van der Waals surface area contributed by atoms with Gasteiger partial charge in [0.05, 0.1) is 6.04 Å². The molecule has 0 aliphatic rings. The van der Waals surface area contributed by atoms with Crippen LogP contribution in [-0.2, 0) is 19.2 Å². The standard InChI is InChI=1S/C12H22N4O5S3/c1-5(14-10(18)6(13)2-22)9(17)15-7(3-23)11(19)16-8(4-24)12(20)21/h5-8,22-24H,2-4,13H2,1H3,(H,14,18)(H,15,17)(H,16,19)(H,20,21). The van der Waals surface area contributed by atoms with E-state index in [1.54, 1.807) is 0 Å². The van der Waals surface area contributed by atoms with E-state index in [1.807, 2.05) is 0 Å². The summed E-state index contributed by atoms with van der Waals surface area (Å²) in [6.45, 7) is 1.42. The third-order valence-electron chi connectivity index (χ3n) is 2.90. The van der Waals surface area contributed by atoms with Gasteiger partial charge in [-0.3, -0.25) is 14.4 Å². The summed E-state index contributed by atoms with van der Waals surface area (Å²) in [5, 5.41) is 15.9. The molecule has 0 aliphatic carbocycles. The van der Waals surface area contributed by atoms with Crippen molar-refractivity contribution in [3.8, 4) is 0 Å². The molecule has 0 aromatic rings. The van der Waals surface area contributed by atoms with Crippen molar-refractivity contribution < 1.29 is 24.3 Å². The van der Waals surface area contributed by atoms with E-state index in [1.165, 1.54) is 6.92 Å². The first-order valence-corrected chi connectivity index (χ1v) is 8.79. The highest BCUT2D eigenvalue weighted by Crippen LogP contribution is 1.96. The predicted octanol–water partition coefficient (Wildman–Crippen LogP) is -2.34. The fourth-order valence-electron chi connectivity index (χ4n) is 1.42. The van der Waals surface area contributed by atoms with E-state index in [-0.39, 0.29) is 17.3 Å². The molecule has 0 bridgehead atoms. The summed E-state index contributed by atoms with van der Waals surface area (Å²) in [6, 6.07) is -4.07. The van der Waals surface area contributed by atoms with Gasteiger partial charge in [0.2, 0.25) is 17.7 Å². The van der Waals surface area contributed by atoms with Gasteiger partial charge in [0.1, 0.15) is 18.1 Å². The minimum Gasteiger partial charge on any atom is -0.480 e. The number of carbonyl (C=O) groups is 4. The fourth-order valence-corrected chi connectivity index (χ4v) is 2.09. The van der Waals surface area contributed by atoms with Crippen LogP contribution in [0.2, 0.25) is 0 Å². The number of aliphatic carboxylic acids is 1. The number of hydrogen-bond donors (Lipinski definition) is 8. The highest BCUT2D eigenvalue weighted by Gasteiger charge is 2.27. The van der Waals surface area contributed by atoms with Crippen LogP contribution in [0.5, 0.6) is 0 Å². The summed E-state index contributed by atoms with van der Waals surface area (Å²) >= 11 is 11.7. The first-order valence-electron chi connectivity index (χ1n) is 6.89. The summed E-state index contributed by atoms with van der Waals surface area (Å²) in [4.78, 5) is 46.5. The summed E-state index contributed by atoms with van der Waals surface area (Å²) in [7, 11) is 0. The predicted molar refractivity (Wildman–Crippen MR) is 98.6 cm³/mol. The second-order valence-electron chi connectivity index (χ2n) is 4.85. The SMILES string of the molecule is CC(NC(=O)C(N)CS)C(=O)NC(CS)C(=O)NC(CS)C(=O)O. The molecule has 0 heterocycles. The van der Waals surface area contributed by atoms with Gasteiger partial charge in [-0.15, -0.1) is 0 Å². The lowest BCUT2D eigenvalue weighted by molar-refractivity contribution is -0.141. The lowest BCUT2D eigenvalue weighted by Gasteiger charge is -2.22. The largest absolute Gasteiger partial charge is 0.480 e. The number of nitrogens with two attached hydrogens (primary N) is 1. The number of thiol groups is 3. The minimum absolute atomic E-state index is 0.0622. The molecule has 4 unspecified atom stereocenters. The van der Waals surface area contributed by atoms with Crippen LogP contribution in [0.15, 0.2) is 0 Å². The Morgan fingerprint density at radius 2 is 1.38 bits per heavy atom. The van der Waals surface area contributed by atoms with Crippen LogP contribution in [0.25, 0.3) is 0 Å². The maximum Gasteiger partial charge on any atom is 0.327 e. The topological polar surface area (TPSA) is 151 Å². The molecular formula is C12H22N4O5S3. The van der Waals surface area contributed by atoms with Crippen molar-refractivity contribution in [1.29, 1.82) is 0 Å². The molecule has 4 atom stereocenters.